The third kappa shape index (κ3) is 4.36. The van der Waals surface area contributed by atoms with Gasteiger partial charge in [0.25, 0.3) is 0 Å². The summed E-state index contributed by atoms with van der Waals surface area (Å²) in [7, 11) is 2.00. The van der Waals surface area contributed by atoms with E-state index in [0.717, 1.165) is 23.8 Å². The molecule has 1 aromatic heterocycles. The molecule has 0 bridgehead atoms. The molecule has 0 saturated carbocycles. The number of hydrogen-bond donors (Lipinski definition) is 0. The van der Waals surface area contributed by atoms with Gasteiger partial charge in [-0.3, -0.25) is 0 Å². The molecule has 3 aromatic rings. The van der Waals surface area contributed by atoms with Crippen LogP contribution in [0.4, 0.5) is 0 Å². The Labute approximate surface area is 136 Å². The van der Waals surface area contributed by atoms with E-state index in [4.69, 9.17) is 9.47 Å². The minimum absolute atomic E-state index is 0.632. The van der Waals surface area contributed by atoms with Gasteiger partial charge in [-0.15, -0.1) is 0 Å². The average molecular weight is 309 g/mol. The molecule has 0 aliphatic rings. The maximum absolute atomic E-state index is 5.80. The van der Waals surface area contributed by atoms with E-state index < -0.39 is 0 Å². The lowest BCUT2D eigenvalue weighted by Crippen LogP contribution is -2.24. The van der Waals surface area contributed by atoms with Gasteiger partial charge in [-0.05, 0) is 43.3 Å². The Morgan fingerprint density at radius 2 is 1.52 bits per heavy atom. The van der Waals surface area contributed by atoms with Crippen molar-refractivity contribution in [1.29, 1.82) is 0 Å². The van der Waals surface area contributed by atoms with Gasteiger partial charge in [-0.1, -0.05) is 17.7 Å². The lowest BCUT2D eigenvalue weighted by atomic mass is 10.2. The van der Waals surface area contributed by atoms with Gasteiger partial charge in [0.1, 0.15) is 42.8 Å². The summed E-state index contributed by atoms with van der Waals surface area (Å²) in [5.41, 5.74) is 1.22. The van der Waals surface area contributed by atoms with Gasteiger partial charge in [0.05, 0.1) is 7.05 Å². The van der Waals surface area contributed by atoms with Crippen molar-refractivity contribution in [3.8, 4) is 17.2 Å². The van der Waals surface area contributed by atoms with Crippen LogP contribution >= 0.6 is 0 Å². The van der Waals surface area contributed by atoms with Gasteiger partial charge in [0.2, 0.25) is 6.33 Å². The first-order chi connectivity index (χ1) is 11.2. The van der Waals surface area contributed by atoms with E-state index in [1.54, 1.807) is 0 Å². The molecule has 0 amide bonds. The summed E-state index contributed by atoms with van der Waals surface area (Å²) in [5.74, 6) is 2.49. The number of aromatic nitrogens is 2. The monoisotopic (exact) mass is 309 g/mol. The van der Waals surface area contributed by atoms with Crippen LogP contribution in [0.2, 0.25) is 0 Å². The molecular weight excluding hydrogens is 288 g/mol. The Hall–Kier alpha value is -2.75. The molecule has 0 N–H and O–H groups in total. The van der Waals surface area contributed by atoms with Crippen molar-refractivity contribution in [2.45, 2.75) is 13.5 Å². The van der Waals surface area contributed by atoms with E-state index >= 15 is 0 Å². The largest absolute Gasteiger partial charge is 0.489 e. The van der Waals surface area contributed by atoms with E-state index in [-0.39, 0.29) is 0 Å². The zero-order valence-electron chi connectivity index (χ0n) is 13.5. The second kappa shape index (κ2) is 7.01. The zero-order valence-corrected chi connectivity index (χ0v) is 13.5. The Morgan fingerprint density at radius 1 is 0.913 bits per heavy atom. The molecule has 0 unspecified atom stereocenters. The second-order valence-electron chi connectivity index (χ2n) is 5.55. The highest BCUT2D eigenvalue weighted by atomic mass is 16.5. The number of rotatable bonds is 6. The molecule has 0 fully saturated rings. The highest BCUT2D eigenvalue weighted by Gasteiger charge is 2.02. The third-order valence-electron chi connectivity index (χ3n) is 3.52. The summed E-state index contributed by atoms with van der Waals surface area (Å²) >= 11 is 0. The topological polar surface area (TPSA) is 27.3 Å². The molecule has 0 aliphatic heterocycles. The lowest BCUT2D eigenvalue weighted by Gasteiger charge is -2.08. The molecule has 0 saturated heterocycles. The summed E-state index contributed by atoms with van der Waals surface area (Å²) in [6.45, 7) is 3.51. The Morgan fingerprint density at radius 3 is 2.13 bits per heavy atom. The summed E-state index contributed by atoms with van der Waals surface area (Å²) < 4.78 is 15.7. The van der Waals surface area contributed by atoms with Crippen molar-refractivity contribution < 1.29 is 14.0 Å². The lowest BCUT2D eigenvalue weighted by molar-refractivity contribution is -0.671. The molecule has 3 rings (SSSR count). The van der Waals surface area contributed by atoms with Crippen LogP contribution in [0.5, 0.6) is 17.2 Å². The van der Waals surface area contributed by atoms with Crippen LogP contribution in [0.25, 0.3) is 0 Å². The van der Waals surface area contributed by atoms with Crippen LogP contribution in [0.3, 0.4) is 0 Å². The first-order valence-electron chi connectivity index (χ1n) is 7.67. The van der Waals surface area contributed by atoms with E-state index in [0.29, 0.717) is 6.61 Å². The number of benzene rings is 2. The van der Waals surface area contributed by atoms with E-state index in [9.17, 15) is 0 Å². The normalized spacial score (nSPS) is 10.5. The number of hydrogen-bond acceptors (Lipinski definition) is 2. The molecular formula is C19H21N2O2+. The zero-order chi connectivity index (χ0) is 16.1. The molecule has 4 heteroatoms. The maximum atomic E-state index is 5.80. The fraction of sp³-hybridized carbons (Fsp3) is 0.211. The molecule has 0 spiro atoms. The third-order valence-corrected chi connectivity index (χ3v) is 3.52. The molecule has 1 heterocycles. The van der Waals surface area contributed by atoms with Gasteiger partial charge in [0.15, 0.2) is 0 Å². The average Bonchev–Trinajstić information content (AvgIpc) is 2.97. The minimum Gasteiger partial charge on any atom is -0.489 e. The predicted molar refractivity (Wildman–Crippen MR) is 88.8 cm³/mol. The van der Waals surface area contributed by atoms with Gasteiger partial charge in [-0.25, -0.2) is 9.13 Å². The fourth-order valence-corrected chi connectivity index (χ4v) is 2.25. The Bertz CT molecular complexity index is 746. The van der Waals surface area contributed by atoms with Gasteiger partial charge in [-0.2, -0.15) is 0 Å². The van der Waals surface area contributed by atoms with E-state index in [1.807, 2.05) is 78.9 Å². The first kappa shape index (κ1) is 15.2. The fourth-order valence-electron chi connectivity index (χ4n) is 2.25. The van der Waals surface area contributed by atoms with Crippen molar-refractivity contribution in [3.05, 3.63) is 72.8 Å². The van der Waals surface area contributed by atoms with Crippen molar-refractivity contribution in [2.24, 2.45) is 7.05 Å². The predicted octanol–water partition coefficient (Wildman–Crippen LogP) is 3.49. The van der Waals surface area contributed by atoms with Crippen molar-refractivity contribution in [3.63, 3.8) is 0 Å². The van der Waals surface area contributed by atoms with Crippen molar-refractivity contribution in [1.82, 2.24) is 4.57 Å². The first-order valence-corrected chi connectivity index (χ1v) is 7.67. The molecule has 0 radical (unpaired) electrons. The van der Waals surface area contributed by atoms with Crippen LogP contribution in [0.15, 0.2) is 67.3 Å². The minimum atomic E-state index is 0.632. The summed E-state index contributed by atoms with van der Waals surface area (Å²) in [4.78, 5) is 0. The van der Waals surface area contributed by atoms with E-state index in [1.165, 1.54) is 5.56 Å². The number of aryl methyl sites for hydroxylation is 2. The van der Waals surface area contributed by atoms with Gasteiger partial charge in [0, 0.05) is 0 Å². The number of ether oxygens (including phenoxy) is 2. The van der Waals surface area contributed by atoms with E-state index in [2.05, 4.69) is 11.5 Å². The van der Waals surface area contributed by atoms with Crippen LogP contribution in [-0.4, -0.2) is 11.2 Å². The standard InChI is InChI=1S/C19H21N2O2/c1-16-3-5-18(6-4-16)23-19-9-7-17(8-10-19)22-14-13-21-12-11-20(2)15-21/h3-12,15H,13-14H2,1-2H3/q+1. The quantitative estimate of drug-likeness (QED) is 0.652. The molecule has 118 valence electrons. The van der Waals surface area contributed by atoms with Crippen LogP contribution in [0.1, 0.15) is 5.56 Å². The highest BCUT2D eigenvalue weighted by Crippen LogP contribution is 2.24. The summed E-state index contributed by atoms with van der Waals surface area (Å²) in [5, 5.41) is 0. The Kier molecular flexibility index (Phi) is 4.62. The Balaban J connectivity index is 1.51. The van der Waals surface area contributed by atoms with Crippen molar-refractivity contribution >= 4 is 0 Å². The summed E-state index contributed by atoms with van der Waals surface area (Å²) in [6.07, 6.45) is 6.07. The highest BCUT2D eigenvalue weighted by molar-refractivity contribution is 5.36. The van der Waals surface area contributed by atoms with Gasteiger partial charge < -0.3 is 9.47 Å². The molecule has 0 atom stereocenters. The smallest absolute Gasteiger partial charge is 0.243 e. The van der Waals surface area contributed by atoms with Gasteiger partial charge >= 0.3 is 0 Å². The van der Waals surface area contributed by atoms with Crippen molar-refractivity contribution in [2.75, 3.05) is 6.61 Å². The van der Waals surface area contributed by atoms with Crippen LogP contribution in [-0.2, 0) is 13.6 Å². The molecule has 2 aromatic carbocycles. The number of imidazole rings is 1. The molecule has 0 aliphatic carbocycles. The molecule has 4 nitrogen and oxygen atoms in total. The number of nitrogens with zero attached hydrogens (tertiary/aromatic N) is 2. The molecule has 23 heavy (non-hydrogen) atoms. The van der Waals surface area contributed by atoms with Crippen LogP contribution < -0.4 is 14.0 Å². The summed E-state index contributed by atoms with van der Waals surface area (Å²) in [6, 6.07) is 15.7. The SMILES string of the molecule is Cc1ccc(Oc2ccc(OCCn3cc[n+](C)c3)cc2)cc1. The van der Waals surface area contributed by atoms with Crippen LogP contribution in [0, 0.1) is 6.92 Å². The maximum Gasteiger partial charge on any atom is 0.243 e. The second-order valence-corrected chi connectivity index (χ2v) is 5.55.